The van der Waals surface area contributed by atoms with Crippen molar-refractivity contribution in [1.29, 1.82) is 0 Å². The van der Waals surface area contributed by atoms with Crippen LogP contribution in [-0.4, -0.2) is 19.6 Å². The van der Waals surface area contributed by atoms with E-state index in [0.29, 0.717) is 12.2 Å². The van der Waals surface area contributed by atoms with Gasteiger partial charge in [0, 0.05) is 29.4 Å². The molecule has 7 nitrogen and oxygen atoms in total. The summed E-state index contributed by atoms with van der Waals surface area (Å²) in [4.78, 5) is 10.2. The van der Waals surface area contributed by atoms with Crippen molar-refractivity contribution >= 4 is 37.7 Å². The highest BCUT2D eigenvalue weighted by molar-refractivity contribution is 7.92. The van der Waals surface area contributed by atoms with E-state index in [1.54, 1.807) is 29.6 Å². The zero-order valence-electron chi connectivity index (χ0n) is 11.1. The molecule has 2 N–H and O–H groups in total. The molecule has 0 atom stereocenters. The molecule has 2 aromatic rings. The molecule has 0 amide bonds. The van der Waals surface area contributed by atoms with Crippen LogP contribution in [0.4, 0.5) is 16.4 Å². The van der Waals surface area contributed by atoms with Crippen LogP contribution in [-0.2, 0) is 16.6 Å². The van der Waals surface area contributed by atoms with Crippen molar-refractivity contribution in [2.45, 2.75) is 6.54 Å². The first-order valence-electron chi connectivity index (χ1n) is 5.87. The fourth-order valence-electron chi connectivity index (χ4n) is 1.63. The van der Waals surface area contributed by atoms with Crippen molar-refractivity contribution in [3.63, 3.8) is 0 Å². The summed E-state index contributed by atoms with van der Waals surface area (Å²) in [6.45, 7) is 0.461. The van der Waals surface area contributed by atoms with Gasteiger partial charge in [0.1, 0.15) is 0 Å². The van der Waals surface area contributed by atoms with Crippen LogP contribution in [0.1, 0.15) is 5.56 Å². The Kier molecular flexibility index (Phi) is 4.43. The molecule has 1 aromatic heterocycles. The lowest BCUT2D eigenvalue weighted by molar-refractivity contribution is -0.380. The molecule has 0 radical (unpaired) electrons. The van der Waals surface area contributed by atoms with Crippen LogP contribution in [0.3, 0.4) is 0 Å². The Bertz CT molecular complexity index is 738. The van der Waals surface area contributed by atoms with Crippen molar-refractivity contribution in [2.75, 3.05) is 16.3 Å². The van der Waals surface area contributed by atoms with Gasteiger partial charge in [-0.25, -0.2) is 8.42 Å². The normalized spacial score (nSPS) is 11.1. The van der Waals surface area contributed by atoms with Crippen LogP contribution in [0.2, 0.25) is 0 Å². The van der Waals surface area contributed by atoms with Crippen LogP contribution in [0.25, 0.3) is 0 Å². The van der Waals surface area contributed by atoms with Gasteiger partial charge >= 0.3 is 5.00 Å². The molecule has 1 aromatic carbocycles. The summed E-state index contributed by atoms with van der Waals surface area (Å²) >= 11 is 1.09. The molecular formula is C12H13N3O4S2. The number of anilines is 2. The Morgan fingerprint density at radius 1 is 1.24 bits per heavy atom. The molecule has 0 aliphatic heterocycles. The van der Waals surface area contributed by atoms with E-state index in [1.807, 2.05) is 0 Å². The van der Waals surface area contributed by atoms with Gasteiger partial charge in [-0.15, -0.1) is 0 Å². The number of thiophene rings is 1. The van der Waals surface area contributed by atoms with E-state index < -0.39 is 14.9 Å². The summed E-state index contributed by atoms with van der Waals surface area (Å²) in [7, 11) is -3.28. The number of benzene rings is 1. The topological polar surface area (TPSA) is 101 Å². The van der Waals surface area contributed by atoms with Gasteiger partial charge in [0.2, 0.25) is 10.0 Å². The van der Waals surface area contributed by atoms with E-state index in [0.717, 1.165) is 28.8 Å². The fourth-order valence-corrected chi connectivity index (χ4v) is 2.92. The SMILES string of the molecule is CS(=O)(=O)Nc1ccc(NCc2csc([N+](=O)[O-])c2)cc1. The largest absolute Gasteiger partial charge is 0.381 e. The molecule has 0 fully saturated rings. The lowest BCUT2D eigenvalue weighted by atomic mass is 10.2. The third-order valence-electron chi connectivity index (χ3n) is 2.50. The minimum atomic E-state index is -3.28. The second-order valence-electron chi connectivity index (χ2n) is 4.36. The Balaban J connectivity index is 1.95. The molecule has 0 unspecified atom stereocenters. The maximum atomic E-state index is 11.1. The van der Waals surface area contributed by atoms with Crippen molar-refractivity contribution in [1.82, 2.24) is 0 Å². The molecule has 9 heteroatoms. The van der Waals surface area contributed by atoms with E-state index in [2.05, 4.69) is 10.0 Å². The van der Waals surface area contributed by atoms with Gasteiger partial charge in [-0.05, 0) is 29.8 Å². The van der Waals surface area contributed by atoms with Crippen molar-refractivity contribution in [3.8, 4) is 0 Å². The van der Waals surface area contributed by atoms with Gasteiger partial charge in [-0.2, -0.15) is 0 Å². The molecule has 1 heterocycles. The van der Waals surface area contributed by atoms with Crippen molar-refractivity contribution < 1.29 is 13.3 Å². The maximum Gasteiger partial charge on any atom is 0.324 e. The number of nitrogens with zero attached hydrogens (tertiary/aromatic N) is 1. The Morgan fingerprint density at radius 2 is 1.86 bits per heavy atom. The highest BCUT2D eigenvalue weighted by Gasteiger charge is 2.09. The Morgan fingerprint density at radius 3 is 2.38 bits per heavy atom. The number of hydrogen-bond acceptors (Lipinski definition) is 6. The van der Waals surface area contributed by atoms with E-state index in [9.17, 15) is 18.5 Å². The molecule has 2 rings (SSSR count). The fraction of sp³-hybridized carbons (Fsp3) is 0.167. The van der Waals surface area contributed by atoms with Crippen LogP contribution in [0.5, 0.6) is 0 Å². The summed E-state index contributed by atoms with van der Waals surface area (Å²) in [5.74, 6) is 0. The first kappa shape index (κ1) is 15.3. The Hall–Kier alpha value is -2.13. The maximum absolute atomic E-state index is 11.1. The third-order valence-corrected chi connectivity index (χ3v) is 4.04. The summed E-state index contributed by atoms with van der Waals surface area (Å²) in [5, 5.41) is 15.5. The summed E-state index contributed by atoms with van der Waals surface area (Å²) in [6.07, 6.45) is 1.09. The van der Waals surface area contributed by atoms with Gasteiger partial charge < -0.3 is 5.32 Å². The number of hydrogen-bond donors (Lipinski definition) is 2. The quantitative estimate of drug-likeness (QED) is 0.627. The summed E-state index contributed by atoms with van der Waals surface area (Å²) in [5.41, 5.74) is 2.10. The van der Waals surface area contributed by atoms with Gasteiger partial charge in [0.15, 0.2) is 0 Å². The molecule has 0 aliphatic carbocycles. The van der Waals surface area contributed by atoms with Crippen molar-refractivity contribution in [2.24, 2.45) is 0 Å². The lowest BCUT2D eigenvalue weighted by Gasteiger charge is -2.07. The second kappa shape index (κ2) is 6.10. The molecule has 0 saturated heterocycles. The minimum absolute atomic E-state index is 0.111. The number of nitro groups is 1. The molecular weight excluding hydrogens is 314 g/mol. The monoisotopic (exact) mass is 327 g/mol. The minimum Gasteiger partial charge on any atom is -0.381 e. The molecule has 21 heavy (non-hydrogen) atoms. The number of sulfonamides is 1. The predicted octanol–water partition coefficient (Wildman–Crippen LogP) is 2.64. The van der Waals surface area contributed by atoms with Crippen LogP contribution < -0.4 is 10.0 Å². The highest BCUT2D eigenvalue weighted by Crippen LogP contribution is 2.23. The smallest absolute Gasteiger partial charge is 0.324 e. The van der Waals surface area contributed by atoms with Gasteiger partial charge in [-0.1, -0.05) is 11.3 Å². The van der Waals surface area contributed by atoms with E-state index in [4.69, 9.17) is 0 Å². The second-order valence-corrected chi connectivity index (χ2v) is 6.99. The molecule has 112 valence electrons. The van der Waals surface area contributed by atoms with Gasteiger partial charge in [0.25, 0.3) is 0 Å². The zero-order chi connectivity index (χ0) is 15.5. The van der Waals surface area contributed by atoms with E-state index >= 15 is 0 Å². The third kappa shape index (κ3) is 4.72. The highest BCUT2D eigenvalue weighted by atomic mass is 32.2. The molecule has 0 aliphatic rings. The average molecular weight is 327 g/mol. The van der Waals surface area contributed by atoms with Crippen LogP contribution >= 0.6 is 11.3 Å². The van der Waals surface area contributed by atoms with Gasteiger partial charge in [-0.3, -0.25) is 14.8 Å². The van der Waals surface area contributed by atoms with E-state index in [1.165, 1.54) is 6.07 Å². The zero-order valence-corrected chi connectivity index (χ0v) is 12.7. The molecule has 0 bridgehead atoms. The van der Waals surface area contributed by atoms with E-state index in [-0.39, 0.29) is 5.00 Å². The first-order valence-corrected chi connectivity index (χ1v) is 8.64. The summed E-state index contributed by atoms with van der Waals surface area (Å²) in [6, 6.07) is 8.26. The molecule has 0 spiro atoms. The van der Waals surface area contributed by atoms with Crippen molar-refractivity contribution in [3.05, 3.63) is 51.4 Å². The molecule has 0 saturated carbocycles. The number of nitrogens with one attached hydrogen (secondary N) is 2. The van der Waals surface area contributed by atoms with Crippen LogP contribution in [0.15, 0.2) is 35.7 Å². The van der Waals surface area contributed by atoms with Gasteiger partial charge in [0.05, 0.1) is 11.2 Å². The lowest BCUT2D eigenvalue weighted by Crippen LogP contribution is -2.09. The first-order chi connectivity index (χ1) is 9.83. The number of rotatable bonds is 6. The predicted molar refractivity (Wildman–Crippen MR) is 83.2 cm³/mol. The Labute approximate surface area is 125 Å². The summed E-state index contributed by atoms with van der Waals surface area (Å²) < 4.78 is 24.5. The standard InChI is InChI=1S/C12H13N3O4S2/c1-21(18,19)14-11-4-2-10(3-5-11)13-7-9-6-12(15(16)17)20-8-9/h2-6,8,13-14H,7H2,1H3. The van der Waals surface area contributed by atoms with Crippen LogP contribution in [0, 0.1) is 10.1 Å². The average Bonchev–Trinajstić information content (AvgIpc) is 2.85.